The third-order valence-corrected chi connectivity index (χ3v) is 4.63. The number of hydrogen-bond donors (Lipinski definition) is 1. The van der Waals surface area contributed by atoms with Crippen LogP contribution in [0, 0.1) is 0 Å². The predicted octanol–water partition coefficient (Wildman–Crippen LogP) is 3.96. The number of anilines is 2. The Morgan fingerprint density at radius 1 is 0.933 bits per heavy atom. The highest BCUT2D eigenvalue weighted by molar-refractivity contribution is 5.89. The van der Waals surface area contributed by atoms with E-state index in [1.165, 1.54) is 12.1 Å². The van der Waals surface area contributed by atoms with E-state index in [1.54, 1.807) is 25.2 Å². The van der Waals surface area contributed by atoms with Gasteiger partial charge >= 0.3 is 12.4 Å². The molecule has 0 bridgehead atoms. The third kappa shape index (κ3) is 5.40. The van der Waals surface area contributed by atoms with Crippen molar-refractivity contribution < 1.29 is 32.2 Å². The van der Waals surface area contributed by atoms with Crippen molar-refractivity contribution in [3.8, 4) is 17.2 Å². The van der Waals surface area contributed by atoms with Gasteiger partial charge in [0.1, 0.15) is 17.2 Å². The molecule has 7 nitrogen and oxygen atoms in total. The van der Waals surface area contributed by atoms with Gasteiger partial charge in [-0.2, -0.15) is 0 Å². The number of benzene rings is 2. The quantitative estimate of drug-likeness (QED) is 0.786. The van der Waals surface area contributed by atoms with Gasteiger partial charge in [0, 0.05) is 37.9 Å². The van der Waals surface area contributed by atoms with Gasteiger partial charge < -0.3 is 29.3 Å². The summed E-state index contributed by atoms with van der Waals surface area (Å²) in [5.74, 6) is 1.04. The predicted molar refractivity (Wildman–Crippen MR) is 105 cm³/mol. The van der Waals surface area contributed by atoms with E-state index in [1.807, 2.05) is 12.1 Å². The molecule has 2 aromatic rings. The van der Waals surface area contributed by atoms with Gasteiger partial charge in [-0.15, -0.1) is 13.2 Å². The van der Waals surface area contributed by atoms with Crippen molar-refractivity contribution in [1.82, 2.24) is 4.90 Å². The maximum Gasteiger partial charge on any atom is 0.573 e. The van der Waals surface area contributed by atoms with Crippen LogP contribution >= 0.6 is 0 Å². The molecule has 1 heterocycles. The molecule has 0 aliphatic carbocycles. The van der Waals surface area contributed by atoms with Gasteiger partial charge in [-0.05, 0) is 36.4 Å². The molecule has 0 unspecified atom stereocenters. The smallest absolute Gasteiger partial charge is 0.497 e. The maximum absolute atomic E-state index is 12.5. The second-order valence-corrected chi connectivity index (χ2v) is 6.51. The molecule has 30 heavy (non-hydrogen) atoms. The maximum atomic E-state index is 12.5. The lowest BCUT2D eigenvalue weighted by molar-refractivity contribution is -0.274. The lowest BCUT2D eigenvalue weighted by Crippen LogP contribution is -2.50. The third-order valence-electron chi connectivity index (χ3n) is 4.63. The normalized spacial score (nSPS) is 14.3. The summed E-state index contributed by atoms with van der Waals surface area (Å²) in [6.07, 6.45) is -4.75. The lowest BCUT2D eigenvalue weighted by Gasteiger charge is -2.36. The SMILES string of the molecule is COc1ccc(N2CCN(C(=O)Nc3ccc(OC(F)(F)F)cc3)CC2)c(OC)c1. The lowest BCUT2D eigenvalue weighted by atomic mass is 10.2. The minimum Gasteiger partial charge on any atom is -0.497 e. The van der Waals surface area contributed by atoms with Crippen LogP contribution in [0.5, 0.6) is 17.2 Å². The summed E-state index contributed by atoms with van der Waals surface area (Å²) in [5, 5.41) is 2.68. The van der Waals surface area contributed by atoms with Gasteiger partial charge in [-0.25, -0.2) is 4.79 Å². The van der Waals surface area contributed by atoms with E-state index in [-0.39, 0.29) is 11.8 Å². The van der Waals surface area contributed by atoms with Crippen molar-refractivity contribution in [3.05, 3.63) is 42.5 Å². The summed E-state index contributed by atoms with van der Waals surface area (Å²) < 4.78 is 51.1. The number of rotatable bonds is 5. The summed E-state index contributed by atoms with van der Waals surface area (Å²) in [7, 11) is 3.18. The van der Waals surface area contributed by atoms with Crippen LogP contribution in [-0.4, -0.2) is 57.7 Å². The number of amides is 2. The molecule has 10 heteroatoms. The number of methoxy groups -OCH3 is 2. The first-order chi connectivity index (χ1) is 14.3. The number of urea groups is 1. The van der Waals surface area contributed by atoms with Crippen LogP contribution in [0.4, 0.5) is 29.3 Å². The van der Waals surface area contributed by atoms with Crippen molar-refractivity contribution in [3.63, 3.8) is 0 Å². The molecule has 1 aliphatic rings. The number of carbonyl (C=O) groups excluding carboxylic acids is 1. The Bertz CT molecular complexity index is 867. The first-order valence-corrected chi connectivity index (χ1v) is 9.18. The fraction of sp³-hybridized carbons (Fsp3) is 0.350. The van der Waals surface area contributed by atoms with E-state index in [4.69, 9.17) is 9.47 Å². The molecule has 3 rings (SSSR count). The van der Waals surface area contributed by atoms with Gasteiger partial charge in [0.05, 0.1) is 19.9 Å². The van der Waals surface area contributed by atoms with Gasteiger partial charge in [-0.3, -0.25) is 0 Å². The van der Waals surface area contributed by atoms with Crippen LogP contribution in [-0.2, 0) is 0 Å². The first-order valence-electron chi connectivity index (χ1n) is 9.18. The summed E-state index contributed by atoms with van der Waals surface area (Å²) >= 11 is 0. The van der Waals surface area contributed by atoms with Crippen molar-refractivity contribution in [2.75, 3.05) is 50.6 Å². The molecule has 0 radical (unpaired) electrons. The molecular formula is C20H22F3N3O4. The molecule has 2 aromatic carbocycles. The molecule has 0 saturated carbocycles. The number of ether oxygens (including phenoxy) is 3. The van der Waals surface area contributed by atoms with Crippen LogP contribution in [0.2, 0.25) is 0 Å². The highest BCUT2D eigenvalue weighted by Gasteiger charge is 2.31. The molecule has 0 aromatic heterocycles. The Balaban J connectivity index is 1.55. The number of hydrogen-bond acceptors (Lipinski definition) is 5. The highest BCUT2D eigenvalue weighted by atomic mass is 19.4. The average Bonchev–Trinajstić information content (AvgIpc) is 2.73. The van der Waals surface area contributed by atoms with Gasteiger partial charge in [0.2, 0.25) is 0 Å². The van der Waals surface area contributed by atoms with Crippen molar-refractivity contribution >= 4 is 17.4 Å². The van der Waals surface area contributed by atoms with E-state index >= 15 is 0 Å². The number of piperazine rings is 1. The number of nitrogens with one attached hydrogen (secondary N) is 1. The molecule has 1 fully saturated rings. The van der Waals surface area contributed by atoms with Crippen LogP contribution in [0.15, 0.2) is 42.5 Å². The molecule has 0 spiro atoms. The van der Waals surface area contributed by atoms with Crippen molar-refractivity contribution in [2.24, 2.45) is 0 Å². The fourth-order valence-electron chi connectivity index (χ4n) is 3.14. The van der Waals surface area contributed by atoms with E-state index in [9.17, 15) is 18.0 Å². The Hall–Kier alpha value is -3.30. The number of carbonyl (C=O) groups is 1. The number of alkyl halides is 3. The Labute approximate surface area is 171 Å². The molecule has 0 atom stereocenters. The second-order valence-electron chi connectivity index (χ2n) is 6.51. The van der Waals surface area contributed by atoms with E-state index < -0.39 is 6.36 Å². The minimum atomic E-state index is -4.75. The molecule has 1 aliphatic heterocycles. The first kappa shape index (κ1) is 21.4. The molecule has 2 amide bonds. The number of halogens is 3. The van der Waals surface area contributed by atoms with E-state index in [2.05, 4.69) is 15.0 Å². The Morgan fingerprint density at radius 2 is 1.57 bits per heavy atom. The zero-order valence-electron chi connectivity index (χ0n) is 16.5. The van der Waals surface area contributed by atoms with E-state index in [0.717, 1.165) is 17.8 Å². The zero-order chi connectivity index (χ0) is 21.7. The summed E-state index contributed by atoms with van der Waals surface area (Å²) in [4.78, 5) is 16.2. The second kappa shape index (κ2) is 9.02. The monoisotopic (exact) mass is 425 g/mol. The standard InChI is InChI=1S/C20H22F3N3O4/c1-28-16-7-8-17(18(13-16)29-2)25-9-11-26(12-10-25)19(27)24-14-3-5-15(6-4-14)30-20(21,22)23/h3-8,13H,9-12H2,1-2H3,(H,24,27). The average molecular weight is 425 g/mol. The van der Waals surface area contributed by atoms with Crippen molar-refractivity contribution in [2.45, 2.75) is 6.36 Å². The zero-order valence-corrected chi connectivity index (χ0v) is 16.5. The molecule has 162 valence electrons. The van der Waals surface area contributed by atoms with Gasteiger partial charge in [0.15, 0.2) is 0 Å². The van der Waals surface area contributed by atoms with Crippen LogP contribution < -0.4 is 24.4 Å². The largest absolute Gasteiger partial charge is 0.573 e. The fourth-order valence-corrected chi connectivity index (χ4v) is 3.14. The summed E-state index contributed by atoms with van der Waals surface area (Å²) in [5.41, 5.74) is 1.30. The molecular weight excluding hydrogens is 403 g/mol. The minimum absolute atomic E-state index is 0.319. The van der Waals surface area contributed by atoms with Crippen LogP contribution in [0.1, 0.15) is 0 Å². The van der Waals surface area contributed by atoms with E-state index in [0.29, 0.717) is 43.4 Å². The molecule has 1 N–H and O–H groups in total. The van der Waals surface area contributed by atoms with Crippen LogP contribution in [0.25, 0.3) is 0 Å². The summed E-state index contributed by atoms with van der Waals surface area (Å²) in [6, 6.07) is 10.3. The van der Waals surface area contributed by atoms with Crippen LogP contribution in [0.3, 0.4) is 0 Å². The molecule has 1 saturated heterocycles. The van der Waals surface area contributed by atoms with Gasteiger partial charge in [-0.1, -0.05) is 0 Å². The summed E-state index contributed by atoms with van der Waals surface area (Å²) in [6.45, 7) is 2.18. The van der Waals surface area contributed by atoms with Crippen molar-refractivity contribution in [1.29, 1.82) is 0 Å². The van der Waals surface area contributed by atoms with Gasteiger partial charge in [0.25, 0.3) is 0 Å². The number of nitrogens with zero attached hydrogens (tertiary/aromatic N) is 2. The Kier molecular flexibility index (Phi) is 6.43. The topological polar surface area (TPSA) is 63.3 Å². The Morgan fingerprint density at radius 3 is 2.13 bits per heavy atom. The highest BCUT2D eigenvalue weighted by Crippen LogP contribution is 2.32.